The first kappa shape index (κ1) is 10.8. The largest absolute Gasteiger partial charge is 0.356 e. The van der Waals surface area contributed by atoms with Gasteiger partial charge in [0.15, 0.2) is 0 Å². The molecule has 0 N–H and O–H groups in total. The van der Waals surface area contributed by atoms with Crippen LogP contribution in [0.4, 0.5) is 5.82 Å². The van der Waals surface area contributed by atoms with Gasteiger partial charge in [-0.3, -0.25) is 0 Å². The second-order valence-electron chi connectivity index (χ2n) is 4.52. The van der Waals surface area contributed by atoms with Crippen LogP contribution in [0.2, 0.25) is 5.15 Å². The molecule has 1 saturated carbocycles. The van der Waals surface area contributed by atoms with Crippen molar-refractivity contribution in [1.82, 2.24) is 19.6 Å². The van der Waals surface area contributed by atoms with E-state index >= 15 is 0 Å². The first-order valence-corrected chi connectivity index (χ1v) is 6.15. The van der Waals surface area contributed by atoms with Gasteiger partial charge in [-0.15, -0.1) is 0 Å². The molecule has 0 amide bonds. The molecule has 1 fully saturated rings. The molecule has 90 valence electrons. The fourth-order valence-electron chi connectivity index (χ4n) is 2.24. The number of fused-ring (bicyclic) bond motifs is 1. The molecule has 3 rings (SSSR count). The van der Waals surface area contributed by atoms with Crippen molar-refractivity contribution >= 4 is 23.2 Å². The fraction of sp³-hybridized carbons (Fsp3) is 0.545. The van der Waals surface area contributed by atoms with Crippen molar-refractivity contribution in [1.29, 1.82) is 0 Å². The zero-order valence-electron chi connectivity index (χ0n) is 9.89. The third kappa shape index (κ3) is 1.57. The Hall–Kier alpha value is -1.36. The molecule has 0 spiro atoms. The van der Waals surface area contributed by atoms with Crippen LogP contribution in [0.15, 0.2) is 6.33 Å². The molecule has 1 aliphatic rings. The highest BCUT2D eigenvalue weighted by Gasteiger charge is 2.26. The van der Waals surface area contributed by atoms with Crippen molar-refractivity contribution < 1.29 is 0 Å². The number of anilines is 1. The summed E-state index contributed by atoms with van der Waals surface area (Å²) in [4.78, 5) is 10.6. The highest BCUT2D eigenvalue weighted by atomic mass is 35.5. The van der Waals surface area contributed by atoms with E-state index in [0.717, 1.165) is 11.4 Å². The Morgan fingerprint density at radius 1 is 1.47 bits per heavy atom. The zero-order chi connectivity index (χ0) is 12.0. The summed E-state index contributed by atoms with van der Waals surface area (Å²) < 4.78 is 1.76. The molecule has 2 aromatic rings. The van der Waals surface area contributed by atoms with Gasteiger partial charge in [-0.05, 0) is 26.2 Å². The summed E-state index contributed by atoms with van der Waals surface area (Å²) in [5, 5.41) is 4.73. The van der Waals surface area contributed by atoms with Crippen LogP contribution in [0.1, 0.15) is 24.8 Å². The Morgan fingerprint density at radius 3 is 2.88 bits per heavy atom. The molecule has 0 unspecified atom stereocenters. The van der Waals surface area contributed by atoms with Gasteiger partial charge < -0.3 is 4.90 Å². The minimum Gasteiger partial charge on any atom is -0.356 e. The Labute approximate surface area is 104 Å². The molecule has 17 heavy (non-hydrogen) atoms. The first-order valence-electron chi connectivity index (χ1n) is 5.77. The minimum atomic E-state index is 0.506. The second kappa shape index (κ2) is 3.84. The van der Waals surface area contributed by atoms with Gasteiger partial charge in [0.2, 0.25) is 0 Å². The number of hydrogen-bond donors (Lipinski definition) is 0. The third-order valence-corrected chi connectivity index (χ3v) is 3.90. The van der Waals surface area contributed by atoms with E-state index in [0.29, 0.717) is 17.0 Å². The van der Waals surface area contributed by atoms with Gasteiger partial charge in [-0.1, -0.05) is 11.6 Å². The molecule has 2 heterocycles. The Balaban J connectivity index is 2.17. The molecule has 1 aliphatic carbocycles. The van der Waals surface area contributed by atoms with Gasteiger partial charge in [0, 0.05) is 18.7 Å². The fourth-order valence-corrected chi connectivity index (χ4v) is 2.40. The van der Waals surface area contributed by atoms with Gasteiger partial charge in [-0.2, -0.15) is 19.6 Å². The highest BCUT2D eigenvalue weighted by molar-refractivity contribution is 6.30. The maximum absolute atomic E-state index is 6.14. The maximum Gasteiger partial charge on any atom is 0.255 e. The lowest BCUT2D eigenvalue weighted by atomic mass is 9.92. The molecule has 2 aromatic heterocycles. The van der Waals surface area contributed by atoms with Gasteiger partial charge in [0.1, 0.15) is 17.3 Å². The first-order chi connectivity index (χ1) is 8.18. The number of nitrogens with zero attached hydrogens (tertiary/aromatic N) is 5. The number of hydrogen-bond acceptors (Lipinski definition) is 4. The van der Waals surface area contributed by atoms with E-state index in [2.05, 4.69) is 27.0 Å². The van der Waals surface area contributed by atoms with Crippen LogP contribution in [0, 0.1) is 6.92 Å². The van der Waals surface area contributed by atoms with E-state index in [9.17, 15) is 0 Å². The maximum atomic E-state index is 6.14. The van der Waals surface area contributed by atoms with E-state index in [1.807, 2.05) is 6.92 Å². The van der Waals surface area contributed by atoms with Crippen LogP contribution in [-0.4, -0.2) is 32.7 Å². The monoisotopic (exact) mass is 251 g/mol. The van der Waals surface area contributed by atoms with Gasteiger partial charge in [0.05, 0.1) is 0 Å². The smallest absolute Gasteiger partial charge is 0.255 e. The molecule has 0 atom stereocenters. The minimum absolute atomic E-state index is 0.506. The predicted octanol–water partition coefficient (Wildman–Crippen LogP) is 2.07. The molecular formula is C11H14ClN5. The van der Waals surface area contributed by atoms with E-state index in [1.54, 1.807) is 4.52 Å². The molecular weight excluding hydrogens is 238 g/mol. The summed E-state index contributed by atoms with van der Waals surface area (Å²) in [6, 6.07) is 0.583. The molecule has 0 aliphatic heterocycles. The van der Waals surface area contributed by atoms with Crippen molar-refractivity contribution in [2.24, 2.45) is 0 Å². The summed E-state index contributed by atoms with van der Waals surface area (Å²) in [6.07, 6.45) is 5.27. The van der Waals surface area contributed by atoms with Crippen LogP contribution >= 0.6 is 11.6 Å². The molecule has 6 heteroatoms. The molecule has 0 bridgehead atoms. The summed E-state index contributed by atoms with van der Waals surface area (Å²) in [6.45, 7) is 1.97. The lowest BCUT2D eigenvalue weighted by molar-refractivity contribution is 0.397. The molecule has 0 radical (unpaired) electrons. The number of aromatic nitrogens is 4. The van der Waals surface area contributed by atoms with Crippen molar-refractivity contribution in [3.05, 3.63) is 17.0 Å². The summed E-state index contributed by atoms with van der Waals surface area (Å²) in [5.74, 6) is 1.56. The van der Waals surface area contributed by atoms with Crippen molar-refractivity contribution in [2.75, 3.05) is 11.9 Å². The average Bonchev–Trinajstić information content (AvgIpc) is 2.63. The van der Waals surface area contributed by atoms with Crippen LogP contribution in [-0.2, 0) is 0 Å². The Morgan fingerprint density at radius 2 is 2.24 bits per heavy atom. The summed E-state index contributed by atoms with van der Waals surface area (Å²) in [7, 11) is 2.09. The van der Waals surface area contributed by atoms with Crippen LogP contribution in [0.25, 0.3) is 5.78 Å². The van der Waals surface area contributed by atoms with E-state index < -0.39 is 0 Å². The molecule has 0 saturated heterocycles. The lowest BCUT2D eigenvalue weighted by Crippen LogP contribution is -2.38. The standard InChI is InChI=1S/C11H14ClN5/c1-7-9(12)15-11-13-6-14-17(11)10(7)16(2)8-4-3-5-8/h6,8H,3-5H2,1-2H3. The van der Waals surface area contributed by atoms with Crippen molar-refractivity contribution in [3.8, 4) is 0 Å². The van der Waals surface area contributed by atoms with Crippen LogP contribution in [0.3, 0.4) is 0 Å². The van der Waals surface area contributed by atoms with E-state index in [-0.39, 0.29) is 0 Å². The normalized spacial score (nSPS) is 16.2. The SMILES string of the molecule is Cc1c(Cl)nc2ncnn2c1N(C)C1CCC1. The summed E-state index contributed by atoms with van der Waals surface area (Å²) >= 11 is 6.14. The predicted molar refractivity (Wildman–Crippen MR) is 66.6 cm³/mol. The van der Waals surface area contributed by atoms with Gasteiger partial charge in [-0.25, -0.2) is 0 Å². The molecule has 0 aromatic carbocycles. The third-order valence-electron chi connectivity index (χ3n) is 3.53. The lowest BCUT2D eigenvalue weighted by Gasteiger charge is -2.36. The van der Waals surface area contributed by atoms with Crippen LogP contribution < -0.4 is 4.90 Å². The average molecular weight is 252 g/mol. The molecule has 5 nitrogen and oxygen atoms in total. The van der Waals surface area contributed by atoms with Gasteiger partial charge in [0.25, 0.3) is 5.78 Å². The topological polar surface area (TPSA) is 46.3 Å². The second-order valence-corrected chi connectivity index (χ2v) is 4.88. The summed E-state index contributed by atoms with van der Waals surface area (Å²) in [5.41, 5.74) is 0.957. The number of rotatable bonds is 2. The van der Waals surface area contributed by atoms with Crippen molar-refractivity contribution in [3.63, 3.8) is 0 Å². The number of halogens is 1. The van der Waals surface area contributed by atoms with Crippen LogP contribution in [0.5, 0.6) is 0 Å². The van der Waals surface area contributed by atoms with Crippen molar-refractivity contribution in [2.45, 2.75) is 32.2 Å². The van der Waals surface area contributed by atoms with E-state index in [4.69, 9.17) is 11.6 Å². The Bertz CT molecular complexity index is 560. The van der Waals surface area contributed by atoms with Gasteiger partial charge >= 0.3 is 0 Å². The quantitative estimate of drug-likeness (QED) is 0.767. The highest BCUT2D eigenvalue weighted by Crippen LogP contribution is 2.31. The zero-order valence-corrected chi connectivity index (χ0v) is 10.6. The van der Waals surface area contributed by atoms with E-state index in [1.165, 1.54) is 25.6 Å². The Kier molecular flexibility index (Phi) is 2.43.